The Balaban J connectivity index is 2.13. The van der Waals surface area contributed by atoms with Crippen molar-refractivity contribution in [1.29, 1.82) is 0 Å². The summed E-state index contributed by atoms with van der Waals surface area (Å²) in [5.74, 6) is 1.04. The number of phenolic OH excluding ortho intramolecular Hbond substituents is 1. The number of hydrogen-bond donors (Lipinski definition) is 2. The maximum absolute atomic E-state index is 9.66. The topological polar surface area (TPSA) is 66.2 Å². The quantitative estimate of drug-likeness (QED) is 0.824. The molecule has 0 amide bonds. The molecule has 6 heteroatoms. The molecule has 18 heavy (non-hydrogen) atoms. The maximum Gasteiger partial charge on any atom is 0.222 e. The van der Waals surface area contributed by atoms with E-state index in [1.165, 1.54) is 7.11 Å². The van der Waals surface area contributed by atoms with Gasteiger partial charge in [0, 0.05) is 18.0 Å². The molecule has 0 fully saturated rings. The van der Waals surface area contributed by atoms with Crippen molar-refractivity contribution < 1.29 is 9.84 Å². The molecule has 0 aromatic heterocycles. The number of anilines is 1. The molecule has 0 saturated heterocycles. The summed E-state index contributed by atoms with van der Waals surface area (Å²) in [4.78, 5) is 8.72. The molecule has 0 saturated carbocycles. The molecule has 0 aliphatic carbocycles. The van der Waals surface area contributed by atoms with Gasteiger partial charge in [0.25, 0.3) is 0 Å². The van der Waals surface area contributed by atoms with Crippen LogP contribution in [-0.2, 0) is 0 Å². The number of nitrogens with zero attached hydrogens (tertiary/aromatic N) is 2. The van der Waals surface area contributed by atoms with Crippen molar-refractivity contribution >= 4 is 33.8 Å². The van der Waals surface area contributed by atoms with Crippen molar-refractivity contribution in [2.75, 3.05) is 12.4 Å². The number of aromatic hydroxyl groups is 1. The minimum absolute atomic E-state index is 0.0781. The van der Waals surface area contributed by atoms with E-state index in [0.29, 0.717) is 17.4 Å². The van der Waals surface area contributed by atoms with Crippen LogP contribution in [0.3, 0.4) is 0 Å². The lowest BCUT2D eigenvalue weighted by Gasteiger charge is -2.17. The van der Waals surface area contributed by atoms with E-state index in [9.17, 15) is 5.11 Å². The van der Waals surface area contributed by atoms with Crippen molar-refractivity contribution in [1.82, 2.24) is 0 Å². The van der Waals surface area contributed by atoms with Gasteiger partial charge in [0.05, 0.1) is 18.0 Å². The van der Waals surface area contributed by atoms with Crippen molar-refractivity contribution in [2.24, 2.45) is 9.98 Å². The monoisotopic (exact) mass is 311 g/mol. The SMILES string of the molecule is COc1ccc(NC2=NC(C)C(Br)C=N2)cc1O. The van der Waals surface area contributed by atoms with Gasteiger partial charge in [-0.05, 0) is 19.1 Å². The van der Waals surface area contributed by atoms with Crippen molar-refractivity contribution in [3.8, 4) is 11.5 Å². The number of aliphatic imine (C=N–C) groups is 2. The molecule has 2 atom stereocenters. The fraction of sp³-hybridized carbons (Fsp3) is 0.333. The number of ether oxygens (including phenoxy) is 1. The lowest BCUT2D eigenvalue weighted by Crippen LogP contribution is -2.26. The highest BCUT2D eigenvalue weighted by molar-refractivity contribution is 9.10. The summed E-state index contributed by atoms with van der Waals surface area (Å²) in [5, 5.41) is 12.7. The van der Waals surface area contributed by atoms with Crippen LogP contribution in [0.5, 0.6) is 11.5 Å². The summed E-state index contributed by atoms with van der Waals surface area (Å²) in [6.45, 7) is 2.00. The van der Waals surface area contributed by atoms with E-state index in [4.69, 9.17) is 4.74 Å². The Labute approximate surface area is 114 Å². The number of methoxy groups -OCH3 is 1. The lowest BCUT2D eigenvalue weighted by molar-refractivity contribution is 0.373. The minimum Gasteiger partial charge on any atom is -0.504 e. The molecule has 96 valence electrons. The van der Waals surface area contributed by atoms with E-state index < -0.39 is 0 Å². The predicted octanol–water partition coefficient (Wildman–Crippen LogP) is 2.41. The second-order valence-corrected chi connectivity index (χ2v) is 4.98. The van der Waals surface area contributed by atoms with Crippen LogP contribution in [0.15, 0.2) is 28.2 Å². The second kappa shape index (κ2) is 5.39. The molecule has 0 bridgehead atoms. The number of halogens is 1. The Kier molecular flexibility index (Phi) is 3.86. The molecule has 1 heterocycles. The Morgan fingerprint density at radius 2 is 2.22 bits per heavy atom. The maximum atomic E-state index is 9.66. The molecule has 1 aliphatic heterocycles. The van der Waals surface area contributed by atoms with Gasteiger partial charge in [0.2, 0.25) is 5.96 Å². The molecule has 1 aromatic rings. The number of hydrogen-bond acceptors (Lipinski definition) is 5. The summed E-state index contributed by atoms with van der Waals surface area (Å²) in [6.07, 6.45) is 1.80. The Morgan fingerprint density at radius 3 is 2.83 bits per heavy atom. The molecule has 0 spiro atoms. The minimum atomic E-state index is 0.0781. The average Bonchev–Trinajstić information content (AvgIpc) is 2.34. The molecule has 1 aliphatic rings. The summed E-state index contributed by atoms with van der Waals surface area (Å²) in [6, 6.07) is 5.17. The van der Waals surface area contributed by atoms with E-state index in [-0.39, 0.29) is 16.6 Å². The van der Waals surface area contributed by atoms with Gasteiger partial charge in [-0.3, -0.25) is 0 Å². The number of rotatable bonds is 2. The molecule has 5 nitrogen and oxygen atoms in total. The van der Waals surface area contributed by atoms with Crippen molar-refractivity contribution in [3.63, 3.8) is 0 Å². The molecular formula is C12H14BrN3O2. The number of phenols is 1. The van der Waals surface area contributed by atoms with Gasteiger partial charge < -0.3 is 15.2 Å². The van der Waals surface area contributed by atoms with Crippen molar-refractivity contribution in [2.45, 2.75) is 17.8 Å². The zero-order valence-electron chi connectivity index (χ0n) is 10.1. The summed E-state index contributed by atoms with van der Waals surface area (Å²) < 4.78 is 4.98. The normalized spacial score (nSPS) is 22.5. The van der Waals surface area contributed by atoms with Gasteiger partial charge in [-0.15, -0.1) is 0 Å². The van der Waals surface area contributed by atoms with Gasteiger partial charge in [0.15, 0.2) is 11.5 Å². The van der Waals surface area contributed by atoms with Crippen LogP contribution in [0, 0.1) is 0 Å². The van der Waals surface area contributed by atoms with Gasteiger partial charge in [0.1, 0.15) is 0 Å². The first-order chi connectivity index (χ1) is 8.60. The van der Waals surface area contributed by atoms with Crippen LogP contribution in [0.4, 0.5) is 5.69 Å². The first kappa shape index (κ1) is 12.9. The van der Waals surface area contributed by atoms with Gasteiger partial charge >= 0.3 is 0 Å². The molecule has 0 radical (unpaired) electrons. The summed E-state index contributed by atoms with van der Waals surface area (Å²) in [7, 11) is 1.51. The summed E-state index contributed by atoms with van der Waals surface area (Å²) >= 11 is 3.46. The number of alkyl halides is 1. The lowest BCUT2D eigenvalue weighted by atomic mass is 10.2. The average molecular weight is 312 g/mol. The standard InChI is InChI=1S/C12H14BrN3O2/c1-7-9(13)6-14-12(15-7)16-8-3-4-11(18-2)10(17)5-8/h3-7,9,17H,1-2H3,(H,15,16). The third-order valence-corrected chi connectivity index (χ3v) is 3.56. The highest BCUT2D eigenvalue weighted by Crippen LogP contribution is 2.28. The smallest absolute Gasteiger partial charge is 0.222 e. The number of nitrogens with one attached hydrogen (secondary N) is 1. The fourth-order valence-corrected chi connectivity index (χ4v) is 1.76. The highest BCUT2D eigenvalue weighted by atomic mass is 79.9. The van der Waals surface area contributed by atoms with Gasteiger partial charge in [-0.25, -0.2) is 9.98 Å². The zero-order valence-corrected chi connectivity index (χ0v) is 11.7. The predicted molar refractivity (Wildman–Crippen MR) is 76.4 cm³/mol. The van der Waals surface area contributed by atoms with E-state index in [1.54, 1.807) is 24.4 Å². The van der Waals surface area contributed by atoms with Crippen LogP contribution in [-0.4, -0.2) is 35.3 Å². The first-order valence-electron chi connectivity index (χ1n) is 5.50. The van der Waals surface area contributed by atoms with E-state index >= 15 is 0 Å². The largest absolute Gasteiger partial charge is 0.504 e. The van der Waals surface area contributed by atoms with E-state index in [1.807, 2.05) is 6.92 Å². The third kappa shape index (κ3) is 2.81. The van der Waals surface area contributed by atoms with Crippen molar-refractivity contribution in [3.05, 3.63) is 18.2 Å². The van der Waals surface area contributed by atoms with Crippen LogP contribution in [0.1, 0.15) is 6.92 Å². The van der Waals surface area contributed by atoms with E-state index in [0.717, 1.165) is 0 Å². The highest BCUT2D eigenvalue weighted by Gasteiger charge is 2.16. The van der Waals surface area contributed by atoms with E-state index in [2.05, 4.69) is 31.2 Å². The number of guanidine groups is 1. The molecule has 2 unspecified atom stereocenters. The second-order valence-electron chi connectivity index (χ2n) is 3.93. The zero-order chi connectivity index (χ0) is 13.1. The molecular weight excluding hydrogens is 298 g/mol. The Bertz CT molecular complexity index is 502. The Morgan fingerprint density at radius 1 is 1.44 bits per heavy atom. The van der Waals surface area contributed by atoms with Crippen LogP contribution >= 0.6 is 15.9 Å². The van der Waals surface area contributed by atoms with Gasteiger partial charge in [-0.1, -0.05) is 15.9 Å². The van der Waals surface area contributed by atoms with Crippen LogP contribution in [0.25, 0.3) is 0 Å². The molecule has 2 rings (SSSR count). The first-order valence-corrected chi connectivity index (χ1v) is 6.42. The van der Waals surface area contributed by atoms with Crippen LogP contribution < -0.4 is 10.1 Å². The molecule has 1 aromatic carbocycles. The molecule has 2 N–H and O–H groups in total. The van der Waals surface area contributed by atoms with Gasteiger partial charge in [-0.2, -0.15) is 0 Å². The number of benzene rings is 1. The Hall–Kier alpha value is -1.56. The third-order valence-electron chi connectivity index (χ3n) is 2.56. The fourth-order valence-electron chi connectivity index (χ4n) is 1.53. The summed E-state index contributed by atoms with van der Waals surface area (Å²) in [5.41, 5.74) is 0.712. The van der Waals surface area contributed by atoms with Crippen LogP contribution in [0.2, 0.25) is 0 Å².